The normalized spacial score (nSPS) is 15.3. The molecule has 2 unspecified atom stereocenters. The largest absolute Gasteiger partial charge is 0.395 e. The van der Waals surface area contributed by atoms with Crippen molar-refractivity contribution in [3.05, 3.63) is 0 Å². The van der Waals surface area contributed by atoms with E-state index in [-0.39, 0.29) is 12.6 Å². The van der Waals surface area contributed by atoms with Crippen LogP contribution in [0.2, 0.25) is 0 Å². The zero-order chi connectivity index (χ0) is 14.0. The van der Waals surface area contributed by atoms with Crippen LogP contribution in [0.15, 0.2) is 0 Å². The Morgan fingerprint density at radius 3 is 2.33 bits per heavy atom. The Morgan fingerprint density at radius 1 is 1.22 bits per heavy atom. The first-order chi connectivity index (χ1) is 8.54. The maximum Gasteiger partial charge on any atom is 0.0585 e. The van der Waals surface area contributed by atoms with Crippen molar-refractivity contribution in [2.45, 2.75) is 45.7 Å². The second-order valence-electron chi connectivity index (χ2n) is 5.36. The van der Waals surface area contributed by atoms with Crippen LogP contribution in [0.3, 0.4) is 0 Å². The minimum atomic E-state index is 0.236. The van der Waals surface area contributed by atoms with Crippen molar-refractivity contribution < 1.29 is 5.11 Å². The fourth-order valence-corrected chi connectivity index (χ4v) is 2.26. The van der Waals surface area contributed by atoms with E-state index in [1.165, 1.54) is 0 Å². The number of nitrogens with one attached hydrogen (secondary N) is 1. The topological polar surface area (TPSA) is 38.7 Å². The van der Waals surface area contributed by atoms with Gasteiger partial charge in [0.15, 0.2) is 0 Å². The first-order valence-corrected chi connectivity index (χ1v) is 7.28. The van der Waals surface area contributed by atoms with Crippen molar-refractivity contribution in [2.75, 3.05) is 46.9 Å². The van der Waals surface area contributed by atoms with E-state index < -0.39 is 0 Å². The molecule has 4 heteroatoms. The van der Waals surface area contributed by atoms with E-state index in [2.05, 4.69) is 50.0 Å². The molecule has 0 aliphatic carbocycles. The molecule has 0 aromatic carbocycles. The van der Waals surface area contributed by atoms with Crippen LogP contribution >= 0.6 is 0 Å². The highest BCUT2D eigenvalue weighted by Crippen LogP contribution is 2.03. The van der Waals surface area contributed by atoms with Crippen LogP contribution in [-0.2, 0) is 0 Å². The van der Waals surface area contributed by atoms with Gasteiger partial charge in [-0.3, -0.25) is 4.90 Å². The Kier molecular flexibility index (Phi) is 10.6. The van der Waals surface area contributed by atoms with Gasteiger partial charge < -0.3 is 15.3 Å². The van der Waals surface area contributed by atoms with Gasteiger partial charge in [-0.1, -0.05) is 13.8 Å². The Labute approximate surface area is 113 Å². The molecule has 0 radical (unpaired) electrons. The summed E-state index contributed by atoms with van der Waals surface area (Å²) in [4.78, 5) is 4.71. The van der Waals surface area contributed by atoms with Crippen molar-refractivity contribution in [1.82, 2.24) is 15.1 Å². The van der Waals surface area contributed by atoms with Crippen LogP contribution in [0.25, 0.3) is 0 Å². The molecule has 0 amide bonds. The monoisotopic (exact) mass is 259 g/mol. The molecule has 0 aliphatic rings. The van der Waals surface area contributed by atoms with Gasteiger partial charge in [0.05, 0.1) is 6.61 Å². The number of aliphatic hydroxyl groups is 1. The summed E-state index contributed by atoms with van der Waals surface area (Å²) in [5.41, 5.74) is 0. The van der Waals surface area contributed by atoms with Gasteiger partial charge in [-0.15, -0.1) is 0 Å². The molecular weight excluding hydrogens is 226 g/mol. The molecule has 0 aromatic rings. The summed E-state index contributed by atoms with van der Waals surface area (Å²) in [6.07, 6.45) is 2.13. The van der Waals surface area contributed by atoms with Crippen molar-refractivity contribution in [1.29, 1.82) is 0 Å². The molecule has 4 nitrogen and oxygen atoms in total. The number of aliphatic hydroxyl groups excluding tert-OH is 1. The number of hydrogen-bond donors (Lipinski definition) is 2. The summed E-state index contributed by atoms with van der Waals surface area (Å²) in [7, 11) is 4.23. The first kappa shape index (κ1) is 17.8. The SMILES string of the molecule is CCCNC(CO)CCN(CC)C(C)CN(C)C. The molecule has 0 bridgehead atoms. The van der Waals surface area contributed by atoms with Crippen LogP contribution in [0, 0.1) is 0 Å². The zero-order valence-electron chi connectivity index (χ0n) is 12.9. The number of nitrogens with zero attached hydrogens (tertiary/aromatic N) is 2. The van der Waals surface area contributed by atoms with Crippen molar-refractivity contribution in [3.8, 4) is 0 Å². The third-order valence-electron chi connectivity index (χ3n) is 3.33. The van der Waals surface area contributed by atoms with E-state index in [9.17, 15) is 5.11 Å². The Morgan fingerprint density at radius 2 is 1.89 bits per heavy atom. The summed E-state index contributed by atoms with van der Waals surface area (Å²) in [6, 6.07) is 0.807. The number of rotatable bonds is 11. The fraction of sp³-hybridized carbons (Fsp3) is 1.00. The smallest absolute Gasteiger partial charge is 0.0585 e. The van der Waals surface area contributed by atoms with E-state index in [1.807, 2.05) is 0 Å². The highest BCUT2D eigenvalue weighted by molar-refractivity contribution is 4.73. The van der Waals surface area contributed by atoms with E-state index >= 15 is 0 Å². The molecule has 0 fully saturated rings. The second kappa shape index (κ2) is 10.7. The third-order valence-corrected chi connectivity index (χ3v) is 3.33. The van der Waals surface area contributed by atoms with Gasteiger partial charge in [-0.25, -0.2) is 0 Å². The van der Waals surface area contributed by atoms with Crippen LogP contribution in [0.1, 0.15) is 33.6 Å². The van der Waals surface area contributed by atoms with Gasteiger partial charge in [0.1, 0.15) is 0 Å². The molecule has 0 saturated carbocycles. The van der Waals surface area contributed by atoms with E-state index in [0.717, 1.165) is 39.0 Å². The Hall–Kier alpha value is -0.160. The molecule has 0 spiro atoms. The molecule has 2 atom stereocenters. The summed E-state index contributed by atoms with van der Waals surface area (Å²) < 4.78 is 0. The van der Waals surface area contributed by atoms with Crippen molar-refractivity contribution in [3.63, 3.8) is 0 Å². The first-order valence-electron chi connectivity index (χ1n) is 7.28. The van der Waals surface area contributed by atoms with Crippen LogP contribution in [0.5, 0.6) is 0 Å². The lowest BCUT2D eigenvalue weighted by molar-refractivity contribution is 0.160. The van der Waals surface area contributed by atoms with E-state index in [0.29, 0.717) is 6.04 Å². The molecule has 0 aliphatic heterocycles. The van der Waals surface area contributed by atoms with Crippen LogP contribution in [0.4, 0.5) is 0 Å². The quantitative estimate of drug-likeness (QED) is 0.581. The standard InChI is InChI=1S/C14H33N3O/c1-6-9-15-14(12-18)8-10-17(7-2)13(3)11-16(4)5/h13-15,18H,6-12H2,1-5H3. The van der Waals surface area contributed by atoms with Gasteiger partial charge >= 0.3 is 0 Å². The van der Waals surface area contributed by atoms with E-state index in [4.69, 9.17) is 0 Å². The van der Waals surface area contributed by atoms with Gasteiger partial charge in [0.2, 0.25) is 0 Å². The summed E-state index contributed by atoms with van der Waals surface area (Å²) in [6.45, 7) is 11.1. The van der Waals surface area contributed by atoms with Crippen molar-refractivity contribution in [2.24, 2.45) is 0 Å². The van der Waals surface area contributed by atoms with Crippen molar-refractivity contribution >= 4 is 0 Å². The molecule has 110 valence electrons. The molecular formula is C14H33N3O. The Balaban J connectivity index is 4.03. The molecule has 0 rings (SSSR count). The molecule has 0 heterocycles. The average molecular weight is 259 g/mol. The summed E-state index contributed by atoms with van der Waals surface area (Å²) in [5.74, 6) is 0. The zero-order valence-corrected chi connectivity index (χ0v) is 12.9. The minimum absolute atomic E-state index is 0.236. The predicted octanol–water partition coefficient (Wildman–Crippen LogP) is 1.01. The summed E-state index contributed by atoms with van der Waals surface area (Å²) in [5, 5.41) is 12.7. The lowest BCUT2D eigenvalue weighted by Gasteiger charge is -2.31. The molecule has 0 aromatic heterocycles. The average Bonchev–Trinajstić information content (AvgIpc) is 2.32. The predicted molar refractivity (Wildman–Crippen MR) is 79.0 cm³/mol. The second-order valence-corrected chi connectivity index (χ2v) is 5.36. The van der Waals surface area contributed by atoms with E-state index in [1.54, 1.807) is 0 Å². The highest BCUT2D eigenvalue weighted by Gasteiger charge is 2.14. The number of likely N-dealkylation sites (N-methyl/N-ethyl adjacent to an activating group) is 2. The maximum atomic E-state index is 9.33. The van der Waals surface area contributed by atoms with Gasteiger partial charge in [0, 0.05) is 25.2 Å². The summed E-state index contributed by atoms with van der Waals surface area (Å²) >= 11 is 0. The van der Waals surface area contributed by atoms with Crippen LogP contribution in [-0.4, -0.2) is 73.9 Å². The molecule has 18 heavy (non-hydrogen) atoms. The maximum absolute atomic E-state index is 9.33. The van der Waals surface area contributed by atoms with Crippen LogP contribution < -0.4 is 5.32 Å². The lowest BCUT2D eigenvalue weighted by Crippen LogP contribution is -2.43. The molecule has 2 N–H and O–H groups in total. The number of hydrogen-bond acceptors (Lipinski definition) is 4. The Bertz CT molecular complexity index is 188. The van der Waals surface area contributed by atoms with Gasteiger partial charge in [0.25, 0.3) is 0 Å². The molecule has 0 saturated heterocycles. The third kappa shape index (κ3) is 8.03. The van der Waals surface area contributed by atoms with Gasteiger partial charge in [-0.05, 0) is 47.0 Å². The highest BCUT2D eigenvalue weighted by atomic mass is 16.3. The lowest BCUT2D eigenvalue weighted by atomic mass is 10.1. The minimum Gasteiger partial charge on any atom is -0.395 e. The van der Waals surface area contributed by atoms with Gasteiger partial charge in [-0.2, -0.15) is 0 Å². The fourth-order valence-electron chi connectivity index (χ4n) is 2.26.